The summed E-state index contributed by atoms with van der Waals surface area (Å²) < 4.78 is 0. The molecule has 1 aliphatic rings. The van der Waals surface area contributed by atoms with Gasteiger partial charge in [-0.3, -0.25) is 4.90 Å². The van der Waals surface area contributed by atoms with Crippen molar-refractivity contribution in [2.75, 3.05) is 19.6 Å². The van der Waals surface area contributed by atoms with Gasteiger partial charge in [-0.2, -0.15) is 0 Å². The lowest BCUT2D eigenvalue weighted by atomic mass is 9.96. The molecular formula is C17H30N2S. The molecular weight excluding hydrogens is 264 g/mol. The molecule has 1 aromatic heterocycles. The Kier molecular flexibility index (Phi) is 6.53. The lowest BCUT2D eigenvalue weighted by molar-refractivity contribution is 0.166. The van der Waals surface area contributed by atoms with E-state index in [2.05, 4.69) is 43.1 Å². The van der Waals surface area contributed by atoms with Crippen LogP contribution in [0.5, 0.6) is 0 Å². The number of rotatable bonds is 7. The molecule has 2 heterocycles. The van der Waals surface area contributed by atoms with Crippen LogP contribution in [0.3, 0.4) is 0 Å². The van der Waals surface area contributed by atoms with Crippen LogP contribution in [0.25, 0.3) is 0 Å². The minimum atomic E-state index is 0.730. The molecule has 1 unspecified atom stereocenters. The van der Waals surface area contributed by atoms with E-state index in [0.29, 0.717) is 0 Å². The number of thiophene rings is 1. The van der Waals surface area contributed by atoms with Gasteiger partial charge in [-0.25, -0.2) is 0 Å². The molecule has 0 spiro atoms. The maximum atomic E-state index is 3.53. The van der Waals surface area contributed by atoms with Crippen molar-refractivity contribution in [3.05, 3.63) is 21.9 Å². The fraction of sp³-hybridized carbons (Fsp3) is 0.765. The first kappa shape index (κ1) is 16.0. The van der Waals surface area contributed by atoms with E-state index in [-0.39, 0.29) is 0 Å². The summed E-state index contributed by atoms with van der Waals surface area (Å²) in [6.07, 6.45) is 4.15. The van der Waals surface area contributed by atoms with Gasteiger partial charge in [0.25, 0.3) is 0 Å². The van der Waals surface area contributed by atoms with E-state index in [1.165, 1.54) is 42.1 Å². The number of hydrogen-bond donors (Lipinski definition) is 1. The lowest BCUT2D eigenvalue weighted by Gasteiger charge is -2.31. The first-order valence-corrected chi connectivity index (χ1v) is 8.99. The van der Waals surface area contributed by atoms with Crippen molar-refractivity contribution in [2.24, 2.45) is 11.8 Å². The predicted octanol–water partition coefficient (Wildman–Crippen LogP) is 4.12. The van der Waals surface area contributed by atoms with E-state index < -0.39 is 0 Å². The molecule has 0 bridgehead atoms. The van der Waals surface area contributed by atoms with Gasteiger partial charge >= 0.3 is 0 Å². The van der Waals surface area contributed by atoms with Gasteiger partial charge < -0.3 is 5.32 Å². The second kappa shape index (κ2) is 8.16. The Labute approximate surface area is 128 Å². The van der Waals surface area contributed by atoms with E-state index in [0.717, 1.165) is 31.5 Å². The van der Waals surface area contributed by atoms with Crippen molar-refractivity contribution >= 4 is 11.3 Å². The fourth-order valence-electron chi connectivity index (χ4n) is 2.93. The number of nitrogens with one attached hydrogen (secondary N) is 1. The average molecular weight is 295 g/mol. The number of hydrogen-bond acceptors (Lipinski definition) is 3. The molecule has 1 aromatic rings. The Morgan fingerprint density at radius 2 is 2.15 bits per heavy atom. The van der Waals surface area contributed by atoms with Crippen LogP contribution < -0.4 is 5.32 Å². The topological polar surface area (TPSA) is 15.3 Å². The summed E-state index contributed by atoms with van der Waals surface area (Å²) in [5.41, 5.74) is 0. The zero-order valence-corrected chi connectivity index (χ0v) is 14.1. The molecule has 0 aliphatic carbocycles. The monoisotopic (exact) mass is 294 g/mol. The van der Waals surface area contributed by atoms with Crippen molar-refractivity contribution in [2.45, 2.75) is 53.1 Å². The lowest BCUT2D eigenvalue weighted by Crippen LogP contribution is -2.34. The van der Waals surface area contributed by atoms with Gasteiger partial charge in [0.15, 0.2) is 0 Å². The molecule has 1 saturated heterocycles. The Morgan fingerprint density at radius 1 is 1.35 bits per heavy atom. The second-order valence-corrected chi connectivity index (χ2v) is 7.80. The maximum Gasteiger partial charge on any atom is 0.0328 e. The third-order valence-corrected chi connectivity index (χ3v) is 5.20. The van der Waals surface area contributed by atoms with Crippen molar-refractivity contribution in [1.82, 2.24) is 10.2 Å². The summed E-state index contributed by atoms with van der Waals surface area (Å²) in [5, 5.41) is 3.53. The summed E-state index contributed by atoms with van der Waals surface area (Å²) >= 11 is 1.98. The Bertz CT molecular complexity index is 386. The molecule has 114 valence electrons. The summed E-state index contributed by atoms with van der Waals surface area (Å²) in [7, 11) is 0. The normalized spacial score (nSPS) is 20.7. The molecule has 0 radical (unpaired) electrons. The first-order valence-electron chi connectivity index (χ1n) is 8.18. The van der Waals surface area contributed by atoms with Gasteiger partial charge in [0.05, 0.1) is 0 Å². The van der Waals surface area contributed by atoms with Gasteiger partial charge in [0.1, 0.15) is 0 Å². The molecule has 2 rings (SSSR count). The van der Waals surface area contributed by atoms with E-state index >= 15 is 0 Å². The van der Waals surface area contributed by atoms with Crippen molar-refractivity contribution < 1.29 is 0 Å². The van der Waals surface area contributed by atoms with Gasteiger partial charge in [-0.15, -0.1) is 11.3 Å². The van der Waals surface area contributed by atoms with E-state index in [1.807, 2.05) is 11.3 Å². The van der Waals surface area contributed by atoms with E-state index in [1.54, 1.807) is 0 Å². The average Bonchev–Trinajstić information content (AvgIpc) is 2.86. The van der Waals surface area contributed by atoms with Crippen LogP contribution in [-0.4, -0.2) is 24.5 Å². The summed E-state index contributed by atoms with van der Waals surface area (Å²) in [4.78, 5) is 5.65. The van der Waals surface area contributed by atoms with Crippen LogP contribution in [0.15, 0.2) is 12.1 Å². The van der Waals surface area contributed by atoms with Crippen LogP contribution in [0.2, 0.25) is 0 Å². The van der Waals surface area contributed by atoms with Gasteiger partial charge in [0.2, 0.25) is 0 Å². The summed E-state index contributed by atoms with van der Waals surface area (Å²) in [6.45, 7) is 12.7. The zero-order chi connectivity index (χ0) is 14.4. The first-order chi connectivity index (χ1) is 9.67. The Balaban J connectivity index is 1.77. The Hall–Kier alpha value is -0.380. The molecule has 1 atom stereocenters. The van der Waals surface area contributed by atoms with Crippen LogP contribution >= 0.6 is 11.3 Å². The van der Waals surface area contributed by atoms with Gasteiger partial charge in [0, 0.05) is 29.4 Å². The van der Waals surface area contributed by atoms with Crippen LogP contribution in [-0.2, 0) is 13.1 Å². The standard InChI is InChI=1S/C17H30N2S/c1-4-15-6-5-9-19(12-15)13-17-8-7-16(20-17)11-18-10-14(2)3/h7-8,14-15,18H,4-6,9-13H2,1-3H3. The molecule has 2 nitrogen and oxygen atoms in total. The van der Waals surface area contributed by atoms with Crippen molar-refractivity contribution in [1.29, 1.82) is 0 Å². The molecule has 1 aliphatic heterocycles. The molecule has 0 aromatic carbocycles. The zero-order valence-electron chi connectivity index (χ0n) is 13.3. The highest BCUT2D eigenvalue weighted by Gasteiger charge is 2.18. The quantitative estimate of drug-likeness (QED) is 0.814. The van der Waals surface area contributed by atoms with Crippen LogP contribution in [0.1, 0.15) is 49.8 Å². The number of nitrogens with zero attached hydrogens (tertiary/aromatic N) is 1. The molecule has 0 amide bonds. The molecule has 0 saturated carbocycles. The smallest absolute Gasteiger partial charge is 0.0328 e. The highest BCUT2D eigenvalue weighted by atomic mass is 32.1. The predicted molar refractivity (Wildman–Crippen MR) is 89.2 cm³/mol. The van der Waals surface area contributed by atoms with Gasteiger partial charge in [-0.05, 0) is 49.9 Å². The van der Waals surface area contributed by atoms with E-state index in [9.17, 15) is 0 Å². The molecule has 1 N–H and O–H groups in total. The van der Waals surface area contributed by atoms with E-state index in [4.69, 9.17) is 0 Å². The minimum absolute atomic E-state index is 0.730. The minimum Gasteiger partial charge on any atom is -0.312 e. The third-order valence-electron chi connectivity index (χ3n) is 4.13. The highest BCUT2D eigenvalue weighted by molar-refractivity contribution is 7.11. The van der Waals surface area contributed by atoms with Crippen LogP contribution in [0.4, 0.5) is 0 Å². The van der Waals surface area contributed by atoms with Crippen molar-refractivity contribution in [3.63, 3.8) is 0 Å². The fourth-order valence-corrected chi connectivity index (χ4v) is 3.97. The summed E-state index contributed by atoms with van der Waals surface area (Å²) in [6, 6.07) is 4.63. The SMILES string of the molecule is CCC1CCCN(Cc2ccc(CNCC(C)C)s2)C1. The molecule has 3 heteroatoms. The Morgan fingerprint density at radius 3 is 2.90 bits per heavy atom. The second-order valence-electron chi connectivity index (χ2n) is 6.54. The molecule has 1 fully saturated rings. The van der Waals surface area contributed by atoms with Crippen molar-refractivity contribution in [3.8, 4) is 0 Å². The van der Waals surface area contributed by atoms with Gasteiger partial charge in [-0.1, -0.05) is 27.2 Å². The molecule has 20 heavy (non-hydrogen) atoms. The number of piperidine rings is 1. The van der Waals surface area contributed by atoms with Crippen LogP contribution in [0, 0.1) is 11.8 Å². The maximum absolute atomic E-state index is 3.53. The summed E-state index contributed by atoms with van der Waals surface area (Å²) in [5.74, 6) is 1.66. The largest absolute Gasteiger partial charge is 0.312 e. The highest BCUT2D eigenvalue weighted by Crippen LogP contribution is 2.23. The third kappa shape index (κ3) is 5.19. The number of likely N-dealkylation sites (tertiary alicyclic amines) is 1.